The summed E-state index contributed by atoms with van der Waals surface area (Å²) in [4.78, 5) is 12.1. The van der Waals surface area contributed by atoms with Crippen molar-refractivity contribution in [3.8, 4) is 0 Å². The maximum atomic E-state index is 12.1. The van der Waals surface area contributed by atoms with Gasteiger partial charge < -0.3 is 0 Å². The summed E-state index contributed by atoms with van der Waals surface area (Å²) in [7, 11) is 0. The van der Waals surface area contributed by atoms with E-state index in [4.69, 9.17) is 0 Å². The van der Waals surface area contributed by atoms with Crippen LogP contribution in [0.3, 0.4) is 0 Å². The summed E-state index contributed by atoms with van der Waals surface area (Å²) in [5.74, 6) is 0.160. The van der Waals surface area contributed by atoms with Gasteiger partial charge in [-0.15, -0.1) is 0 Å². The number of rotatable bonds is 3. The van der Waals surface area contributed by atoms with Gasteiger partial charge in [0.05, 0.1) is 0 Å². The minimum atomic E-state index is 0.160. The predicted molar refractivity (Wildman–Crippen MR) is 81.3 cm³/mol. The van der Waals surface area contributed by atoms with E-state index in [2.05, 4.69) is 38.5 Å². The molecule has 0 heterocycles. The van der Waals surface area contributed by atoms with Crippen LogP contribution in [0, 0.1) is 3.57 Å². The second-order valence-corrected chi connectivity index (χ2v) is 5.79. The average molecular weight is 401 g/mol. The summed E-state index contributed by atoms with van der Waals surface area (Å²) in [6, 6.07) is 15.5. The van der Waals surface area contributed by atoms with Crippen molar-refractivity contribution < 1.29 is 4.79 Å². The molecule has 0 bridgehead atoms. The lowest BCUT2D eigenvalue weighted by Gasteiger charge is -2.04. The maximum Gasteiger partial charge on any atom is 0.168 e. The van der Waals surface area contributed by atoms with Gasteiger partial charge in [0.25, 0.3) is 0 Å². The van der Waals surface area contributed by atoms with E-state index >= 15 is 0 Å². The minimum Gasteiger partial charge on any atom is -0.294 e. The first-order valence-corrected chi connectivity index (χ1v) is 7.06. The van der Waals surface area contributed by atoms with Crippen molar-refractivity contribution in [2.45, 2.75) is 6.42 Å². The molecule has 0 fully saturated rings. The van der Waals surface area contributed by atoms with Crippen molar-refractivity contribution in [1.82, 2.24) is 0 Å². The third-order valence-corrected chi connectivity index (χ3v) is 3.86. The van der Waals surface area contributed by atoms with Gasteiger partial charge in [0, 0.05) is 20.0 Å². The first kappa shape index (κ1) is 12.8. The molecule has 2 aromatic carbocycles. The Balaban J connectivity index is 2.20. The molecule has 2 rings (SSSR count). The van der Waals surface area contributed by atoms with Crippen LogP contribution < -0.4 is 0 Å². The van der Waals surface area contributed by atoms with Crippen molar-refractivity contribution in [2.75, 3.05) is 0 Å². The first-order chi connectivity index (χ1) is 8.16. The Morgan fingerprint density at radius 2 is 1.88 bits per heavy atom. The third kappa shape index (κ3) is 3.39. The van der Waals surface area contributed by atoms with Crippen molar-refractivity contribution in [3.63, 3.8) is 0 Å². The predicted octanol–water partition coefficient (Wildman–Crippen LogP) is 4.48. The number of halogens is 2. The molecule has 2 aromatic rings. The number of hydrogen-bond donors (Lipinski definition) is 0. The SMILES string of the molecule is O=C(Cc1cccc(Br)c1)c1ccccc1I. The molecule has 0 N–H and O–H groups in total. The van der Waals surface area contributed by atoms with Crippen LogP contribution in [0.2, 0.25) is 0 Å². The van der Waals surface area contributed by atoms with Gasteiger partial charge in [0.1, 0.15) is 0 Å². The van der Waals surface area contributed by atoms with Crippen LogP contribution in [0.25, 0.3) is 0 Å². The minimum absolute atomic E-state index is 0.160. The highest BCUT2D eigenvalue weighted by Crippen LogP contribution is 2.17. The zero-order valence-electron chi connectivity index (χ0n) is 8.99. The molecule has 17 heavy (non-hydrogen) atoms. The van der Waals surface area contributed by atoms with Gasteiger partial charge in [-0.3, -0.25) is 4.79 Å². The largest absolute Gasteiger partial charge is 0.294 e. The van der Waals surface area contributed by atoms with Crippen LogP contribution in [0.4, 0.5) is 0 Å². The Labute approximate surface area is 123 Å². The van der Waals surface area contributed by atoms with E-state index in [1.165, 1.54) is 0 Å². The van der Waals surface area contributed by atoms with Gasteiger partial charge in [-0.25, -0.2) is 0 Å². The van der Waals surface area contributed by atoms with Crippen molar-refractivity contribution >= 4 is 44.3 Å². The van der Waals surface area contributed by atoms with Gasteiger partial charge in [-0.05, 0) is 46.4 Å². The summed E-state index contributed by atoms with van der Waals surface area (Å²) >= 11 is 5.60. The van der Waals surface area contributed by atoms with Crippen molar-refractivity contribution in [2.24, 2.45) is 0 Å². The Morgan fingerprint density at radius 3 is 2.59 bits per heavy atom. The molecule has 0 spiro atoms. The zero-order valence-corrected chi connectivity index (χ0v) is 12.7. The summed E-state index contributed by atoms with van der Waals surface area (Å²) in [6.45, 7) is 0. The van der Waals surface area contributed by atoms with Gasteiger partial charge in [0.15, 0.2) is 5.78 Å². The molecule has 1 nitrogen and oxygen atoms in total. The van der Waals surface area contributed by atoms with E-state index in [-0.39, 0.29) is 5.78 Å². The Morgan fingerprint density at radius 1 is 1.12 bits per heavy atom. The van der Waals surface area contributed by atoms with Crippen LogP contribution in [0.15, 0.2) is 53.0 Å². The van der Waals surface area contributed by atoms with Gasteiger partial charge in [0.2, 0.25) is 0 Å². The molecule has 0 unspecified atom stereocenters. The number of carbonyl (C=O) groups excluding carboxylic acids is 1. The van der Waals surface area contributed by atoms with Crippen LogP contribution in [-0.2, 0) is 6.42 Å². The number of benzene rings is 2. The molecule has 0 aliphatic rings. The fraction of sp³-hybridized carbons (Fsp3) is 0.0714. The lowest BCUT2D eigenvalue weighted by molar-refractivity contribution is 0.0992. The monoisotopic (exact) mass is 400 g/mol. The molecule has 86 valence electrons. The first-order valence-electron chi connectivity index (χ1n) is 5.19. The normalized spacial score (nSPS) is 10.2. The smallest absolute Gasteiger partial charge is 0.168 e. The lowest BCUT2D eigenvalue weighted by atomic mass is 10.0. The molecule has 0 radical (unpaired) electrons. The molecule has 0 saturated carbocycles. The summed E-state index contributed by atoms with van der Waals surface area (Å²) < 4.78 is 2.01. The van der Waals surface area contributed by atoms with E-state index in [1.54, 1.807) is 0 Å². The number of ketones is 1. The standard InChI is InChI=1S/C14H10BrIO/c15-11-5-3-4-10(8-11)9-14(17)12-6-1-2-7-13(12)16/h1-8H,9H2. The van der Waals surface area contributed by atoms with Gasteiger partial charge in [-0.1, -0.05) is 46.3 Å². The molecular weight excluding hydrogens is 391 g/mol. The Kier molecular flexibility index (Phi) is 4.34. The van der Waals surface area contributed by atoms with Crippen LogP contribution >= 0.6 is 38.5 Å². The fourth-order valence-electron chi connectivity index (χ4n) is 1.61. The highest BCUT2D eigenvalue weighted by molar-refractivity contribution is 14.1. The fourth-order valence-corrected chi connectivity index (χ4v) is 2.75. The molecule has 0 amide bonds. The van der Waals surface area contributed by atoms with E-state index in [0.29, 0.717) is 6.42 Å². The van der Waals surface area contributed by atoms with E-state index in [1.807, 2.05) is 48.5 Å². The Hall–Kier alpha value is -0.680. The van der Waals surface area contributed by atoms with E-state index < -0.39 is 0 Å². The topological polar surface area (TPSA) is 17.1 Å². The highest BCUT2D eigenvalue weighted by atomic mass is 127. The highest BCUT2D eigenvalue weighted by Gasteiger charge is 2.09. The molecule has 0 aromatic heterocycles. The number of carbonyl (C=O) groups is 1. The lowest BCUT2D eigenvalue weighted by Crippen LogP contribution is -2.05. The number of Topliss-reactive ketones (excluding diaryl/α,β-unsaturated/α-hetero) is 1. The van der Waals surface area contributed by atoms with Crippen LogP contribution in [-0.4, -0.2) is 5.78 Å². The molecule has 0 aliphatic heterocycles. The second-order valence-electron chi connectivity index (χ2n) is 3.71. The molecule has 0 atom stereocenters. The Bertz CT molecular complexity index is 551. The maximum absolute atomic E-state index is 12.1. The van der Waals surface area contributed by atoms with Gasteiger partial charge >= 0.3 is 0 Å². The summed E-state index contributed by atoms with van der Waals surface area (Å²) in [5.41, 5.74) is 1.83. The summed E-state index contributed by atoms with van der Waals surface area (Å²) in [6.07, 6.45) is 0.444. The van der Waals surface area contributed by atoms with Crippen LogP contribution in [0.5, 0.6) is 0 Å². The second kappa shape index (κ2) is 5.78. The average Bonchev–Trinajstić information content (AvgIpc) is 2.29. The zero-order chi connectivity index (χ0) is 12.3. The molecule has 0 saturated heterocycles. The molecule has 3 heteroatoms. The summed E-state index contributed by atoms with van der Waals surface area (Å²) in [5, 5.41) is 0. The number of hydrogen-bond acceptors (Lipinski definition) is 1. The van der Waals surface area contributed by atoms with Crippen molar-refractivity contribution in [1.29, 1.82) is 0 Å². The van der Waals surface area contributed by atoms with E-state index in [0.717, 1.165) is 19.2 Å². The molecule has 0 aliphatic carbocycles. The van der Waals surface area contributed by atoms with Gasteiger partial charge in [-0.2, -0.15) is 0 Å². The van der Waals surface area contributed by atoms with E-state index in [9.17, 15) is 4.79 Å². The van der Waals surface area contributed by atoms with Crippen LogP contribution in [0.1, 0.15) is 15.9 Å². The third-order valence-electron chi connectivity index (χ3n) is 2.43. The molecular formula is C14H10BrIO. The quantitative estimate of drug-likeness (QED) is 0.548. The van der Waals surface area contributed by atoms with Crippen molar-refractivity contribution in [3.05, 3.63) is 67.7 Å².